The van der Waals surface area contributed by atoms with Crippen LogP contribution >= 0.6 is 23.1 Å². The summed E-state index contributed by atoms with van der Waals surface area (Å²) in [6.07, 6.45) is 1.47. The van der Waals surface area contributed by atoms with Gasteiger partial charge in [-0.15, -0.1) is 16.4 Å². The number of amides is 1. The second-order valence-corrected chi connectivity index (χ2v) is 10.4. The average molecular weight is 451 g/mol. The van der Waals surface area contributed by atoms with E-state index in [9.17, 15) is 13.2 Å². The van der Waals surface area contributed by atoms with Crippen LogP contribution in [-0.4, -0.2) is 63.4 Å². The standard InChI is InChI=1S/C17H18N6O3S3/c1-12-2-3-13(10-14(12)23-11-18-20-21-23)19-17(24)16-15(4-7-28-16)29(25,26)22-5-8-27-9-6-22/h2-4,7,10-11H,5-6,8-9H2,1H3,(H,19,24). The molecule has 0 atom stereocenters. The number of aromatic nitrogens is 4. The number of carbonyl (C=O) groups excluding carboxylic acids is 1. The normalized spacial score (nSPS) is 15.3. The summed E-state index contributed by atoms with van der Waals surface area (Å²) < 4.78 is 28.9. The number of hydrogen-bond acceptors (Lipinski definition) is 8. The molecule has 4 rings (SSSR count). The Kier molecular flexibility index (Phi) is 5.67. The van der Waals surface area contributed by atoms with Crippen molar-refractivity contribution in [1.82, 2.24) is 24.5 Å². The molecule has 12 heteroatoms. The van der Waals surface area contributed by atoms with Crippen molar-refractivity contribution in [2.45, 2.75) is 11.8 Å². The molecule has 1 fully saturated rings. The van der Waals surface area contributed by atoms with Gasteiger partial charge < -0.3 is 5.32 Å². The van der Waals surface area contributed by atoms with E-state index in [1.165, 1.54) is 21.4 Å². The first-order valence-electron chi connectivity index (χ1n) is 8.77. The van der Waals surface area contributed by atoms with Gasteiger partial charge in [0.1, 0.15) is 16.1 Å². The van der Waals surface area contributed by atoms with Crippen molar-refractivity contribution >= 4 is 44.7 Å². The molecular formula is C17H18N6O3S3. The second kappa shape index (κ2) is 8.22. The highest BCUT2D eigenvalue weighted by Crippen LogP contribution is 2.28. The van der Waals surface area contributed by atoms with E-state index in [1.807, 2.05) is 13.0 Å². The zero-order valence-corrected chi connectivity index (χ0v) is 17.9. The van der Waals surface area contributed by atoms with Crippen LogP contribution < -0.4 is 5.32 Å². The van der Waals surface area contributed by atoms with E-state index in [1.54, 1.807) is 29.3 Å². The van der Waals surface area contributed by atoms with Crippen LogP contribution in [-0.2, 0) is 10.0 Å². The Morgan fingerprint density at radius 3 is 2.72 bits per heavy atom. The SMILES string of the molecule is Cc1ccc(NC(=O)c2sccc2S(=O)(=O)N2CCSCC2)cc1-n1cnnn1. The molecule has 1 amide bonds. The number of aryl methyl sites for hydroxylation is 1. The largest absolute Gasteiger partial charge is 0.321 e. The van der Waals surface area contributed by atoms with Crippen LogP contribution in [0, 0.1) is 6.92 Å². The lowest BCUT2D eigenvalue weighted by Crippen LogP contribution is -2.38. The van der Waals surface area contributed by atoms with Gasteiger partial charge in [0.05, 0.1) is 5.69 Å². The molecule has 0 bridgehead atoms. The molecule has 29 heavy (non-hydrogen) atoms. The zero-order chi connectivity index (χ0) is 20.4. The topological polar surface area (TPSA) is 110 Å². The highest BCUT2D eigenvalue weighted by atomic mass is 32.2. The molecular weight excluding hydrogens is 432 g/mol. The highest BCUT2D eigenvalue weighted by Gasteiger charge is 2.31. The van der Waals surface area contributed by atoms with Crippen LogP contribution in [0.5, 0.6) is 0 Å². The quantitative estimate of drug-likeness (QED) is 0.633. The average Bonchev–Trinajstić information content (AvgIpc) is 3.42. The van der Waals surface area contributed by atoms with Crippen LogP contribution in [0.2, 0.25) is 0 Å². The van der Waals surface area contributed by atoms with Crippen molar-refractivity contribution in [2.24, 2.45) is 0 Å². The predicted molar refractivity (Wildman–Crippen MR) is 112 cm³/mol. The summed E-state index contributed by atoms with van der Waals surface area (Å²) in [5.74, 6) is 1.05. The molecule has 1 aliphatic rings. The molecule has 9 nitrogen and oxygen atoms in total. The molecule has 2 aromatic heterocycles. The molecule has 0 spiro atoms. The number of rotatable bonds is 5. The number of anilines is 1. The van der Waals surface area contributed by atoms with Crippen molar-refractivity contribution in [2.75, 3.05) is 29.9 Å². The fourth-order valence-electron chi connectivity index (χ4n) is 2.99. The third-order valence-electron chi connectivity index (χ3n) is 4.49. The lowest BCUT2D eigenvalue weighted by Gasteiger charge is -2.25. The van der Waals surface area contributed by atoms with E-state index in [0.29, 0.717) is 18.8 Å². The van der Waals surface area contributed by atoms with Gasteiger partial charge >= 0.3 is 0 Å². The van der Waals surface area contributed by atoms with Crippen LogP contribution in [0.3, 0.4) is 0 Å². The minimum Gasteiger partial charge on any atom is -0.321 e. The lowest BCUT2D eigenvalue weighted by atomic mass is 10.2. The maximum atomic E-state index is 13.0. The van der Waals surface area contributed by atoms with E-state index < -0.39 is 15.9 Å². The number of thiophene rings is 1. The maximum Gasteiger partial charge on any atom is 0.267 e. The Hall–Kier alpha value is -2.28. The molecule has 1 aromatic carbocycles. The fourth-order valence-corrected chi connectivity index (χ4v) is 6.86. The van der Waals surface area contributed by atoms with Gasteiger partial charge in [0.2, 0.25) is 10.0 Å². The third kappa shape index (κ3) is 4.06. The van der Waals surface area contributed by atoms with E-state index in [-0.39, 0.29) is 9.77 Å². The molecule has 1 aliphatic heterocycles. The summed E-state index contributed by atoms with van der Waals surface area (Å²) in [7, 11) is -3.70. The number of benzene rings is 1. The van der Waals surface area contributed by atoms with Crippen molar-refractivity contribution in [3.8, 4) is 5.69 Å². The molecule has 1 N–H and O–H groups in total. The Morgan fingerprint density at radius 1 is 1.21 bits per heavy atom. The van der Waals surface area contributed by atoms with Crippen LogP contribution in [0.4, 0.5) is 5.69 Å². The molecule has 0 aliphatic carbocycles. The number of carbonyl (C=O) groups is 1. The van der Waals surface area contributed by atoms with Gasteiger partial charge in [0.25, 0.3) is 5.91 Å². The van der Waals surface area contributed by atoms with Gasteiger partial charge in [-0.1, -0.05) is 6.07 Å². The van der Waals surface area contributed by atoms with Crippen LogP contribution in [0.15, 0.2) is 40.9 Å². The number of nitrogens with one attached hydrogen (secondary N) is 1. The number of tetrazole rings is 1. The third-order valence-corrected chi connectivity index (χ3v) is 8.41. The second-order valence-electron chi connectivity index (χ2n) is 6.34. The minimum absolute atomic E-state index is 0.0553. The van der Waals surface area contributed by atoms with Gasteiger partial charge in [0.15, 0.2) is 0 Å². The summed E-state index contributed by atoms with van der Waals surface area (Å²) >= 11 is 2.84. The summed E-state index contributed by atoms with van der Waals surface area (Å²) in [6, 6.07) is 6.83. The van der Waals surface area contributed by atoms with Gasteiger partial charge in [-0.25, -0.2) is 13.1 Å². The van der Waals surface area contributed by atoms with Gasteiger partial charge in [0, 0.05) is 30.3 Å². The van der Waals surface area contributed by atoms with Crippen molar-refractivity contribution in [3.63, 3.8) is 0 Å². The maximum absolute atomic E-state index is 13.0. The first-order valence-corrected chi connectivity index (χ1v) is 12.2. The Balaban J connectivity index is 1.59. The van der Waals surface area contributed by atoms with Gasteiger partial charge in [-0.2, -0.15) is 16.1 Å². The molecule has 0 saturated carbocycles. The van der Waals surface area contributed by atoms with Crippen molar-refractivity contribution < 1.29 is 13.2 Å². The van der Waals surface area contributed by atoms with Gasteiger partial charge in [-0.05, 0) is 46.5 Å². The molecule has 3 heterocycles. The Morgan fingerprint density at radius 2 is 2.00 bits per heavy atom. The number of sulfonamides is 1. The van der Waals surface area contributed by atoms with Crippen molar-refractivity contribution in [1.29, 1.82) is 0 Å². The van der Waals surface area contributed by atoms with E-state index in [4.69, 9.17) is 0 Å². The number of nitrogens with zero attached hydrogens (tertiary/aromatic N) is 5. The summed E-state index contributed by atoms with van der Waals surface area (Å²) in [6.45, 7) is 2.82. The number of thioether (sulfide) groups is 1. The van der Waals surface area contributed by atoms with Crippen LogP contribution in [0.1, 0.15) is 15.2 Å². The van der Waals surface area contributed by atoms with E-state index in [0.717, 1.165) is 34.1 Å². The predicted octanol–water partition coefficient (Wildman–Crippen LogP) is 2.02. The fraction of sp³-hybridized carbons (Fsp3) is 0.294. The van der Waals surface area contributed by atoms with E-state index in [2.05, 4.69) is 20.8 Å². The highest BCUT2D eigenvalue weighted by molar-refractivity contribution is 7.99. The number of hydrogen-bond donors (Lipinski definition) is 1. The summed E-state index contributed by atoms with van der Waals surface area (Å²) in [4.78, 5) is 13.1. The molecule has 0 radical (unpaired) electrons. The minimum atomic E-state index is -3.70. The van der Waals surface area contributed by atoms with E-state index >= 15 is 0 Å². The van der Waals surface area contributed by atoms with Crippen molar-refractivity contribution in [3.05, 3.63) is 46.4 Å². The monoisotopic (exact) mass is 450 g/mol. The molecule has 152 valence electrons. The summed E-state index contributed by atoms with van der Waals surface area (Å²) in [5.41, 5.74) is 2.17. The van der Waals surface area contributed by atoms with Gasteiger partial charge in [-0.3, -0.25) is 4.79 Å². The first-order chi connectivity index (χ1) is 14.0. The zero-order valence-electron chi connectivity index (χ0n) is 15.5. The van der Waals surface area contributed by atoms with Crippen LogP contribution in [0.25, 0.3) is 5.69 Å². The Labute approximate surface area is 176 Å². The first kappa shape index (κ1) is 20.0. The Bertz CT molecular complexity index is 1120. The summed E-state index contributed by atoms with van der Waals surface area (Å²) in [5, 5.41) is 15.5. The smallest absolute Gasteiger partial charge is 0.267 e. The lowest BCUT2D eigenvalue weighted by molar-refractivity contribution is 0.102. The molecule has 3 aromatic rings. The molecule has 1 saturated heterocycles. The molecule has 0 unspecified atom stereocenters.